The molecule has 5 rings (SSSR count). The molecule has 0 unspecified atom stereocenters. The predicted octanol–water partition coefficient (Wildman–Crippen LogP) is 7.29. The SMILES string of the molecule is CCC1CCC(c2ccc(-c3cnc(-c4ccc(C[C@H](NC(=O)c5ccc(C)s5)C(=O)O)cc4)nc3)cc2)CC1. The van der Waals surface area contributed by atoms with Crippen molar-refractivity contribution in [3.63, 3.8) is 0 Å². The summed E-state index contributed by atoms with van der Waals surface area (Å²) in [7, 11) is 0. The fourth-order valence-corrected chi connectivity index (χ4v) is 6.26. The van der Waals surface area contributed by atoms with Gasteiger partial charge in [0.25, 0.3) is 5.91 Å². The van der Waals surface area contributed by atoms with Gasteiger partial charge in [-0.3, -0.25) is 4.79 Å². The highest BCUT2D eigenvalue weighted by Gasteiger charge is 2.23. The maximum absolute atomic E-state index is 12.5. The summed E-state index contributed by atoms with van der Waals surface area (Å²) in [5, 5.41) is 12.3. The van der Waals surface area contributed by atoms with E-state index < -0.39 is 12.0 Å². The molecular formula is C33H35N3O3S. The first-order valence-electron chi connectivity index (χ1n) is 14.0. The lowest BCUT2D eigenvalue weighted by Crippen LogP contribution is -2.42. The van der Waals surface area contributed by atoms with E-state index in [1.54, 1.807) is 6.07 Å². The Labute approximate surface area is 239 Å². The quantitative estimate of drug-likeness (QED) is 0.227. The molecule has 4 aromatic rings. The van der Waals surface area contributed by atoms with Crippen LogP contribution in [0.1, 0.15) is 70.6 Å². The normalized spacial score (nSPS) is 17.8. The maximum Gasteiger partial charge on any atom is 0.326 e. The van der Waals surface area contributed by atoms with Crippen molar-refractivity contribution in [2.45, 2.75) is 64.3 Å². The Balaban J connectivity index is 1.20. The molecule has 2 aromatic carbocycles. The second-order valence-electron chi connectivity index (χ2n) is 10.7. The number of aromatic nitrogens is 2. The summed E-state index contributed by atoms with van der Waals surface area (Å²) in [5.74, 6) is 0.741. The number of carboxylic acid groups (broad SMARTS) is 1. The highest BCUT2D eigenvalue weighted by molar-refractivity contribution is 7.13. The number of amides is 1. The molecule has 1 atom stereocenters. The summed E-state index contributed by atoms with van der Waals surface area (Å²) >= 11 is 1.34. The molecular weight excluding hydrogens is 518 g/mol. The zero-order valence-electron chi connectivity index (χ0n) is 23.0. The molecule has 0 saturated heterocycles. The van der Waals surface area contributed by atoms with Crippen LogP contribution in [0.15, 0.2) is 73.1 Å². The van der Waals surface area contributed by atoms with Gasteiger partial charge in [0.15, 0.2) is 5.82 Å². The molecule has 1 fully saturated rings. The molecule has 0 bridgehead atoms. The van der Waals surface area contributed by atoms with Crippen LogP contribution in [0, 0.1) is 12.8 Å². The third-order valence-corrected chi connectivity index (χ3v) is 9.01. The van der Waals surface area contributed by atoms with Crippen molar-refractivity contribution < 1.29 is 14.7 Å². The van der Waals surface area contributed by atoms with Gasteiger partial charge in [0.1, 0.15) is 6.04 Å². The summed E-state index contributed by atoms with van der Waals surface area (Å²) in [4.78, 5) is 34.9. The van der Waals surface area contributed by atoms with Gasteiger partial charge >= 0.3 is 5.97 Å². The van der Waals surface area contributed by atoms with E-state index >= 15 is 0 Å². The van der Waals surface area contributed by atoms with Crippen LogP contribution in [-0.2, 0) is 11.2 Å². The topological polar surface area (TPSA) is 92.2 Å². The number of carbonyl (C=O) groups excluding carboxylic acids is 1. The summed E-state index contributed by atoms with van der Waals surface area (Å²) in [6.07, 6.45) is 10.4. The molecule has 1 aliphatic carbocycles. The number of carboxylic acids is 1. The molecule has 0 spiro atoms. The van der Waals surface area contributed by atoms with E-state index in [9.17, 15) is 14.7 Å². The van der Waals surface area contributed by atoms with E-state index in [1.165, 1.54) is 49.0 Å². The van der Waals surface area contributed by atoms with Crippen molar-refractivity contribution in [3.05, 3.63) is 93.9 Å². The van der Waals surface area contributed by atoms with Gasteiger partial charge < -0.3 is 10.4 Å². The maximum atomic E-state index is 12.5. The Kier molecular flexibility index (Phi) is 8.70. The molecule has 1 saturated carbocycles. The highest BCUT2D eigenvalue weighted by Crippen LogP contribution is 2.37. The van der Waals surface area contributed by atoms with Crippen LogP contribution in [0.4, 0.5) is 0 Å². The minimum absolute atomic E-state index is 0.182. The van der Waals surface area contributed by atoms with E-state index in [1.807, 2.05) is 49.6 Å². The first-order chi connectivity index (χ1) is 19.4. The number of thiophene rings is 1. The van der Waals surface area contributed by atoms with Crippen LogP contribution in [-0.4, -0.2) is 33.0 Å². The molecule has 40 heavy (non-hydrogen) atoms. The number of aliphatic carboxylic acids is 1. The van der Waals surface area contributed by atoms with Crippen molar-refractivity contribution >= 4 is 23.2 Å². The first kappa shape index (κ1) is 27.7. The zero-order valence-corrected chi connectivity index (χ0v) is 23.8. The molecule has 6 nitrogen and oxygen atoms in total. The lowest BCUT2D eigenvalue weighted by molar-refractivity contribution is -0.139. The Morgan fingerprint density at radius 2 is 1.55 bits per heavy atom. The van der Waals surface area contributed by atoms with Gasteiger partial charge in [-0.2, -0.15) is 0 Å². The number of benzene rings is 2. The van der Waals surface area contributed by atoms with Gasteiger partial charge in [-0.25, -0.2) is 14.8 Å². The minimum Gasteiger partial charge on any atom is -0.480 e. The predicted molar refractivity (Wildman–Crippen MR) is 160 cm³/mol. The van der Waals surface area contributed by atoms with E-state index in [0.717, 1.165) is 33.0 Å². The van der Waals surface area contributed by atoms with Crippen molar-refractivity contribution in [2.24, 2.45) is 5.92 Å². The smallest absolute Gasteiger partial charge is 0.326 e. The third kappa shape index (κ3) is 6.65. The zero-order chi connectivity index (χ0) is 28.1. The number of rotatable bonds is 9. The van der Waals surface area contributed by atoms with Gasteiger partial charge in [-0.05, 0) is 73.3 Å². The number of hydrogen-bond donors (Lipinski definition) is 2. The van der Waals surface area contributed by atoms with E-state index in [4.69, 9.17) is 0 Å². The molecule has 0 radical (unpaired) electrons. The van der Waals surface area contributed by atoms with Gasteiger partial charge in [0.05, 0.1) is 4.88 Å². The summed E-state index contributed by atoms with van der Waals surface area (Å²) < 4.78 is 0. The van der Waals surface area contributed by atoms with Crippen LogP contribution in [0.25, 0.3) is 22.5 Å². The van der Waals surface area contributed by atoms with Crippen LogP contribution in [0.5, 0.6) is 0 Å². The average molecular weight is 554 g/mol. The van der Waals surface area contributed by atoms with Gasteiger partial charge in [-0.1, -0.05) is 61.9 Å². The largest absolute Gasteiger partial charge is 0.480 e. The standard InChI is InChI=1S/C33H35N3O3S/c1-3-22-5-9-24(10-6-22)25-13-15-26(16-14-25)28-19-34-31(35-20-28)27-11-7-23(8-12-27)18-29(33(38)39)36-32(37)30-17-4-21(2)40-30/h4,7-8,11-17,19-20,22,24,29H,3,5-6,9-10,18H2,1-2H3,(H,36,37)(H,38,39)/t22?,24?,29-/m0/s1. The average Bonchev–Trinajstić information content (AvgIpc) is 3.44. The van der Waals surface area contributed by atoms with Gasteiger partial charge in [0, 0.05) is 34.8 Å². The second-order valence-corrected chi connectivity index (χ2v) is 12.0. The summed E-state index contributed by atoms with van der Waals surface area (Å²) in [6.45, 7) is 4.21. The van der Waals surface area contributed by atoms with Gasteiger partial charge in [-0.15, -0.1) is 11.3 Å². The Morgan fingerprint density at radius 1 is 0.900 bits per heavy atom. The van der Waals surface area contributed by atoms with Crippen molar-refractivity contribution in [1.82, 2.24) is 15.3 Å². The van der Waals surface area contributed by atoms with Crippen molar-refractivity contribution in [1.29, 1.82) is 0 Å². The Hall–Kier alpha value is -3.84. The molecule has 1 amide bonds. The first-order valence-corrected chi connectivity index (χ1v) is 14.8. The third-order valence-electron chi connectivity index (χ3n) is 8.01. The van der Waals surface area contributed by atoms with E-state index in [2.05, 4.69) is 46.5 Å². The Bertz CT molecular complexity index is 1440. The lowest BCUT2D eigenvalue weighted by Gasteiger charge is -2.28. The molecule has 2 N–H and O–H groups in total. The highest BCUT2D eigenvalue weighted by atomic mass is 32.1. The number of hydrogen-bond acceptors (Lipinski definition) is 5. The fraction of sp³-hybridized carbons (Fsp3) is 0.333. The second kappa shape index (κ2) is 12.6. The fourth-order valence-electron chi connectivity index (χ4n) is 5.49. The number of nitrogens with one attached hydrogen (secondary N) is 1. The van der Waals surface area contributed by atoms with E-state index in [-0.39, 0.29) is 12.3 Å². The molecule has 0 aliphatic heterocycles. The number of aryl methyl sites for hydroxylation is 1. The van der Waals surface area contributed by atoms with Crippen LogP contribution < -0.4 is 5.32 Å². The molecule has 2 aromatic heterocycles. The minimum atomic E-state index is -1.07. The Morgan fingerprint density at radius 3 is 2.12 bits per heavy atom. The van der Waals surface area contributed by atoms with Crippen molar-refractivity contribution in [2.75, 3.05) is 0 Å². The monoisotopic (exact) mass is 553 g/mol. The van der Waals surface area contributed by atoms with Crippen molar-refractivity contribution in [3.8, 4) is 22.5 Å². The summed E-state index contributed by atoms with van der Waals surface area (Å²) in [6, 6.07) is 18.9. The van der Waals surface area contributed by atoms with E-state index in [0.29, 0.717) is 16.6 Å². The number of nitrogens with zero attached hydrogens (tertiary/aromatic N) is 2. The molecule has 1 aliphatic rings. The van der Waals surface area contributed by atoms with Crippen LogP contribution in [0.2, 0.25) is 0 Å². The van der Waals surface area contributed by atoms with Crippen LogP contribution in [0.3, 0.4) is 0 Å². The van der Waals surface area contributed by atoms with Gasteiger partial charge in [0.2, 0.25) is 0 Å². The lowest BCUT2D eigenvalue weighted by atomic mass is 9.78. The number of carbonyl (C=O) groups is 2. The molecule has 206 valence electrons. The molecule has 2 heterocycles. The summed E-state index contributed by atoms with van der Waals surface area (Å²) in [5.41, 5.74) is 5.16. The molecule has 7 heteroatoms. The van der Waals surface area contributed by atoms with Crippen LogP contribution >= 0.6 is 11.3 Å².